The van der Waals surface area contributed by atoms with Gasteiger partial charge in [0.05, 0.1) is 11.5 Å². The molecule has 2 saturated heterocycles. The number of hydrogen-bond acceptors (Lipinski definition) is 5. The second kappa shape index (κ2) is 7.20. The quantitative estimate of drug-likeness (QED) is 0.751. The van der Waals surface area contributed by atoms with Crippen LogP contribution in [0.15, 0.2) is 0 Å². The molecular weight excluding hydrogens is 274 g/mol. The first-order chi connectivity index (χ1) is 9.44. The Labute approximate surface area is 123 Å². The average Bonchev–Trinajstić information content (AvgIpc) is 2.70. The summed E-state index contributed by atoms with van der Waals surface area (Å²) in [6.07, 6.45) is 0.782. The SMILES string of the molecule is CC(C)CN1CCN(CCNC2CCS(=O)(=O)C2)CC1. The third kappa shape index (κ3) is 5.31. The van der Waals surface area contributed by atoms with Gasteiger partial charge in [-0.15, -0.1) is 0 Å². The Bertz CT molecular complexity index is 389. The smallest absolute Gasteiger partial charge is 0.151 e. The van der Waals surface area contributed by atoms with Gasteiger partial charge in [-0.2, -0.15) is 0 Å². The molecule has 2 heterocycles. The predicted molar refractivity (Wildman–Crippen MR) is 82.8 cm³/mol. The highest BCUT2D eigenvalue weighted by Crippen LogP contribution is 2.11. The Morgan fingerprint density at radius 3 is 2.35 bits per heavy atom. The molecule has 0 aromatic rings. The molecule has 0 amide bonds. The van der Waals surface area contributed by atoms with Crippen LogP contribution in [0.1, 0.15) is 20.3 Å². The van der Waals surface area contributed by atoms with E-state index in [9.17, 15) is 8.42 Å². The van der Waals surface area contributed by atoms with E-state index in [0.29, 0.717) is 11.5 Å². The van der Waals surface area contributed by atoms with Crippen LogP contribution < -0.4 is 5.32 Å². The minimum Gasteiger partial charge on any atom is -0.312 e. The summed E-state index contributed by atoms with van der Waals surface area (Å²) in [6.45, 7) is 12.3. The first kappa shape index (κ1) is 16.2. The summed E-state index contributed by atoms with van der Waals surface area (Å²) in [5, 5.41) is 3.39. The highest BCUT2D eigenvalue weighted by Gasteiger charge is 2.27. The predicted octanol–water partition coefficient (Wildman–Crippen LogP) is 0.0367. The second-order valence-electron chi connectivity index (χ2n) is 6.59. The van der Waals surface area contributed by atoms with Crippen molar-refractivity contribution in [2.45, 2.75) is 26.3 Å². The van der Waals surface area contributed by atoms with Crippen molar-refractivity contribution < 1.29 is 8.42 Å². The summed E-state index contributed by atoms with van der Waals surface area (Å²) in [5.74, 6) is 1.43. The standard InChI is InChI=1S/C14H29N3O2S/c1-13(2)11-17-8-6-16(7-9-17)5-4-15-14-3-10-20(18,19)12-14/h13-15H,3-12H2,1-2H3. The lowest BCUT2D eigenvalue weighted by molar-refractivity contribution is 0.122. The molecule has 2 aliphatic rings. The van der Waals surface area contributed by atoms with E-state index in [1.165, 1.54) is 6.54 Å². The van der Waals surface area contributed by atoms with Crippen molar-refractivity contribution in [1.29, 1.82) is 0 Å². The van der Waals surface area contributed by atoms with E-state index in [1.807, 2.05) is 0 Å². The minimum atomic E-state index is -2.75. The third-order valence-electron chi connectivity index (χ3n) is 4.18. The van der Waals surface area contributed by atoms with E-state index < -0.39 is 9.84 Å². The van der Waals surface area contributed by atoms with Crippen LogP contribution in [0.2, 0.25) is 0 Å². The lowest BCUT2D eigenvalue weighted by Gasteiger charge is -2.35. The number of rotatable bonds is 6. The summed E-state index contributed by atoms with van der Waals surface area (Å²) < 4.78 is 22.7. The van der Waals surface area contributed by atoms with Gasteiger partial charge in [0.25, 0.3) is 0 Å². The molecule has 5 nitrogen and oxygen atoms in total. The maximum absolute atomic E-state index is 11.4. The molecule has 2 rings (SSSR count). The fraction of sp³-hybridized carbons (Fsp3) is 1.00. The van der Waals surface area contributed by atoms with E-state index in [4.69, 9.17) is 0 Å². The third-order valence-corrected chi connectivity index (χ3v) is 5.95. The first-order valence-corrected chi connectivity index (χ1v) is 9.65. The van der Waals surface area contributed by atoms with Crippen molar-refractivity contribution in [3.63, 3.8) is 0 Å². The van der Waals surface area contributed by atoms with Gasteiger partial charge in [-0.05, 0) is 12.3 Å². The summed E-state index contributed by atoms with van der Waals surface area (Å²) >= 11 is 0. The maximum Gasteiger partial charge on any atom is 0.151 e. The van der Waals surface area contributed by atoms with E-state index in [-0.39, 0.29) is 6.04 Å². The zero-order chi connectivity index (χ0) is 14.6. The minimum absolute atomic E-state index is 0.183. The number of hydrogen-bond donors (Lipinski definition) is 1. The van der Waals surface area contributed by atoms with Gasteiger partial charge >= 0.3 is 0 Å². The molecule has 2 aliphatic heterocycles. The van der Waals surface area contributed by atoms with Crippen LogP contribution in [0.3, 0.4) is 0 Å². The fourth-order valence-electron chi connectivity index (χ4n) is 3.09. The van der Waals surface area contributed by atoms with Crippen LogP contribution in [-0.2, 0) is 9.84 Å². The Morgan fingerprint density at radius 1 is 1.15 bits per heavy atom. The summed E-state index contributed by atoms with van der Waals surface area (Å²) in [4.78, 5) is 5.02. The molecule has 0 aromatic heterocycles. The van der Waals surface area contributed by atoms with Crippen LogP contribution >= 0.6 is 0 Å². The van der Waals surface area contributed by atoms with Crippen molar-refractivity contribution in [2.75, 3.05) is 57.3 Å². The molecule has 0 radical (unpaired) electrons. The van der Waals surface area contributed by atoms with Crippen molar-refractivity contribution in [2.24, 2.45) is 5.92 Å². The van der Waals surface area contributed by atoms with Crippen molar-refractivity contribution in [3.8, 4) is 0 Å². The normalized spacial score (nSPS) is 28.2. The molecule has 1 unspecified atom stereocenters. The molecule has 0 aliphatic carbocycles. The molecule has 118 valence electrons. The molecule has 0 bridgehead atoms. The molecule has 1 N–H and O–H groups in total. The summed E-state index contributed by atoms with van der Waals surface area (Å²) in [5.41, 5.74) is 0. The summed E-state index contributed by atoms with van der Waals surface area (Å²) in [6, 6.07) is 0.183. The van der Waals surface area contributed by atoms with Gasteiger partial charge in [0.1, 0.15) is 0 Å². The zero-order valence-electron chi connectivity index (χ0n) is 12.8. The molecule has 1 atom stereocenters. The first-order valence-electron chi connectivity index (χ1n) is 7.83. The van der Waals surface area contributed by atoms with Gasteiger partial charge in [0.2, 0.25) is 0 Å². The number of piperazine rings is 1. The summed E-state index contributed by atoms with van der Waals surface area (Å²) in [7, 11) is -2.75. The zero-order valence-corrected chi connectivity index (χ0v) is 13.7. The topological polar surface area (TPSA) is 52.6 Å². The highest BCUT2D eigenvalue weighted by atomic mass is 32.2. The molecule has 0 saturated carbocycles. The fourth-order valence-corrected chi connectivity index (χ4v) is 4.80. The van der Waals surface area contributed by atoms with Crippen LogP contribution in [0.25, 0.3) is 0 Å². The highest BCUT2D eigenvalue weighted by molar-refractivity contribution is 7.91. The van der Waals surface area contributed by atoms with Crippen molar-refractivity contribution >= 4 is 9.84 Å². The molecular formula is C14H29N3O2S. The van der Waals surface area contributed by atoms with E-state index >= 15 is 0 Å². The largest absolute Gasteiger partial charge is 0.312 e. The van der Waals surface area contributed by atoms with Crippen molar-refractivity contribution in [1.82, 2.24) is 15.1 Å². The van der Waals surface area contributed by atoms with Gasteiger partial charge in [-0.3, -0.25) is 4.90 Å². The van der Waals surface area contributed by atoms with Gasteiger partial charge in [-0.25, -0.2) is 8.42 Å². The molecule has 6 heteroatoms. The number of sulfone groups is 1. The molecule has 0 aromatic carbocycles. The lowest BCUT2D eigenvalue weighted by atomic mass is 10.2. The second-order valence-corrected chi connectivity index (χ2v) is 8.82. The Hall–Kier alpha value is -0.170. The molecule has 2 fully saturated rings. The molecule has 0 spiro atoms. The number of nitrogens with one attached hydrogen (secondary N) is 1. The van der Waals surface area contributed by atoms with E-state index in [0.717, 1.165) is 51.6 Å². The number of nitrogens with zero attached hydrogens (tertiary/aromatic N) is 2. The van der Waals surface area contributed by atoms with Crippen LogP contribution in [0, 0.1) is 5.92 Å². The Morgan fingerprint density at radius 2 is 1.80 bits per heavy atom. The van der Waals surface area contributed by atoms with Gasteiger partial charge in [-0.1, -0.05) is 13.8 Å². The van der Waals surface area contributed by atoms with Crippen molar-refractivity contribution in [3.05, 3.63) is 0 Å². The average molecular weight is 303 g/mol. The van der Waals surface area contributed by atoms with Gasteiger partial charge < -0.3 is 10.2 Å². The van der Waals surface area contributed by atoms with Gasteiger partial charge in [0, 0.05) is 51.9 Å². The van der Waals surface area contributed by atoms with E-state index in [2.05, 4.69) is 29.0 Å². The van der Waals surface area contributed by atoms with Crippen LogP contribution in [0.5, 0.6) is 0 Å². The van der Waals surface area contributed by atoms with Crippen LogP contribution in [0.4, 0.5) is 0 Å². The van der Waals surface area contributed by atoms with Gasteiger partial charge in [0.15, 0.2) is 9.84 Å². The Balaban J connectivity index is 1.57. The van der Waals surface area contributed by atoms with E-state index in [1.54, 1.807) is 0 Å². The Kier molecular flexibility index (Phi) is 5.84. The molecule has 20 heavy (non-hydrogen) atoms. The maximum atomic E-state index is 11.4. The monoisotopic (exact) mass is 303 g/mol. The lowest BCUT2D eigenvalue weighted by Crippen LogP contribution is -2.49. The van der Waals surface area contributed by atoms with Crippen LogP contribution in [-0.4, -0.2) is 81.6 Å².